The van der Waals surface area contributed by atoms with Gasteiger partial charge in [0.05, 0.1) is 5.69 Å². The molecule has 2 atom stereocenters. The van der Waals surface area contributed by atoms with Crippen LogP contribution >= 0.6 is 0 Å². The van der Waals surface area contributed by atoms with Crippen molar-refractivity contribution in [2.45, 2.75) is 46.2 Å². The van der Waals surface area contributed by atoms with Gasteiger partial charge in [-0.3, -0.25) is 9.48 Å². The second-order valence-electron chi connectivity index (χ2n) is 5.66. The van der Waals surface area contributed by atoms with Crippen molar-refractivity contribution in [3.63, 3.8) is 0 Å². The summed E-state index contributed by atoms with van der Waals surface area (Å²) in [7, 11) is 0. The quantitative estimate of drug-likeness (QED) is 0.888. The Hall–Kier alpha value is -1.36. The molecule has 0 radical (unpaired) electrons. The minimum Gasteiger partial charge on any atom is -0.338 e. The van der Waals surface area contributed by atoms with E-state index in [-0.39, 0.29) is 5.91 Å². The van der Waals surface area contributed by atoms with Gasteiger partial charge in [0.1, 0.15) is 6.54 Å². The van der Waals surface area contributed by atoms with E-state index in [4.69, 9.17) is 5.73 Å². The molecule has 0 aromatic carbocycles. The molecule has 106 valence electrons. The number of hydrogen-bond donors (Lipinski definition) is 1. The fourth-order valence-electron chi connectivity index (χ4n) is 2.78. The highest BCUT2D eigenvalue weighted by Gasteiger charge is 2.28. The summed E-state index contributed by atoms with van der Waals surface area (Å²) < 4.78 is 1.79. The molecule has 5 nitrogen and oxygen atoms in total. The lowest BCUT2D eigenvalue weighted by Crippen LogP contribution is -2.48. The minimum absolute atomic E-state index is 0.150. The van der Waals surface area contributed by atoms with E-state index < -0.39 is 0 Å². The van der Waals surface area contributed by atoms with Crippen LogP contribution in [0.4, 0.5) is 0 Å². The Kier molecular flexibility index (Phi) is 4.24. The maximum Gasteiger partial charge on any atom is 0.244 e. The van der Waals surface area contributed by atoms with Crippen LogP contribution in [0.1, 0.15) is 31.2 Å². The summed E-state index contributed by atoms with van der Waals surface area (Å²) in [5.41, 5.74) is 7.72. The molecule has 2 rings (SSSR count). The predicted molar refractivity (Wildman–Crippen MR) is 74.7 cm³/mol. The summed E-state index contributed by atoms with van der Waals surface area (Å²) in [6.07, 6.45) is 2.17. The van der Waals surface area contributed by atoms with Gasteiger partial charge >= 0.3 is 0 Å². The molecule has 0 aliphatic carbocycles. The van der Waals surface area contributed by atoms with Gasteiger partial charge in [0.15, 0.2) is 0 Å². The third kappa shape index (κ3) is 3.15. The number of nitrogens with two attached hydrogens (primary N) is 1. The number of hydrogen-bond acceptors (Lipinski definition) is 3. The molecule has 1 aliphatic heterocycles. The maximum atomic E-state index is 12.4. The van der Waals surface area contributed by atoms with Crippen molar-refractivity contribution in [3.8, 4) is 0 Å². The molecule has 1 aliphatic rings. The second kappa shape index (κ2) is 5.74. The molecule has 2 unspecified atom stereocenters. The van der Waals surface area contributed by atoms with Crippen molar-refractivity contribution in [2.75, 3.05) is 13.1 Å². The van der Waals surface area contributed by atoms with Crippen LogP contribution in [0.15, 0.2) is 6.07 Å². The van der Waals surface area contributed by atoms with Crippen molar-refractivity contribution < 1.29 is 4.79 Å². The largest absolute Gasteiger partial charge is 0.338 e. The van der Waals surface area contributed by atoms with Crippen LogP contribution in [0.5, 0.6) is 0 Å². The summed E-state index contributed by atoms with van der Waals surface area (Å²) >= 11 is 0. The molecule has 1 amide bonds. The number of carbonyl (C=O) groups is 1. The van der Waals surface area contributed by atoms with Crippen molar-refractivity contribution in [1.82, 2.24) is 14.7 Å². The van der Waals surface area contributed by atoms with E-state index >= 15 is 0 Å². The van der Waals surface area contributed by atoms with Gasteiger partial charge in [0.25, 0.3) is 0 Å². The zero-order valence-electron chi connectivity index (χ0n) is 12.1. The van der Waals surface area contributed by atoms with Gasteiger partial charge in [-0.2, -0.15) is 5.10 Å². The molecule has 19 heavy (non-hydrogen) atoms. The average molecular weight is 264 g/mol. The van der Waals surface area contributed by atoms with E-state index in [1.54, 1.807) is 4.68 Å². The van der Waals surface area contributed by atoms with Crippen LogP contribution in [-0.4, -0.2) is 39.7 Å². The standard InChI is InChI=1S/C14H24N4O/c1-10-6-12(3)18(16-10)9-14(19)17-8-13(7-15)5-4-11(17)2/h6,11,13H,4-5,7-9,15H2,1-3H3. The number of likely N-dealkylation sites (tertiary alicyclic amines) is 1. The Bertz CT molecular complexity index is 454. The first-order valence-electron chi connectivity index (χ1n) is 7.02. The second-order valence-corrected chi connectivity index (χ2v) is 5.66. The highest BCUT2D eigenvalue weighted by atomic mass is 16.2. The number of aryl methyl sites for hydroxylation is 2. The Morgan fingerprint density at radius 2 is 2.21 bits per heavy atom. The van der Waals surface area contributed by atoms with Crippen molar-refractivity contribution >= 4 is 5.91 Å². The van der Waals surface area contributed by atoms with Gasteiger partial charge in [-0.25, -0.2) is 0 Å². The van der Waals surface area contributed by atoms with E-state index in [0.29, 0.717) is 25.0 Å². The smallest absolute Gasteiger partial charge is 0.244 e. The number of rotatable bonds is 3. The van der Waals surface area contributed by atoms with E-state index in [1.807, 2.05) is 24.8 Å². The summed E-state index contributed by atoms with van der Waals surface area (Å²) in [5, 5.41) is 4.35. The van der Waals surface area contributed by atoms with Crippen LogP contribution in [-0.2, 0) is 11.3 Å². The van der Waals surface area contributed by atoms with Gasteiger partial charge < -0.3 is 10.6 Å². The van der Waals surface area contributed by atoms with Gasteiger partial charge in [0, 0.05) is 18.3 Å². The first-order valence-corrected chi connectivity index (χ1v) is 7.02. The third-order valence-electron chi connectivity index (χ3n) is 4.02. The fraction of sp³-hybridized carbons (Fsp3) is 0.714. The molecule has 1 aromatic heterocycles. The molecule has 2 N–H and O–H groups in total. The highest BCUT2D eigenvalue weighted by Crippen LogP contribution is 2.21. The molecular formula is C14H24N4O. The predicted octanol–water partition coefficient (Wildman–Crippen LogP) is 1.09. The number of carbonyl (C=O) groups excluding carboxylic acids is 1. The number of piperidine rings is 1. The summed E-state index contributed by atoms with van der Waals surface area (Å²) in [6, 6.07) is 2.31. The van der Waals surface area contributed by atoms with Gasteiger partial charge in [-0.15, -0.1) is 0 Å². The van der Waals surface area contributed by atoms with Crippen LogP contribution in [0.25, 0.3) is 0 Å². The normalized spacial score (nSPS) is 23.7. The fourth-order valence-corrected chi connectivity index (χ4v) is 2.78. The Morgan fingerprint density at radius 3 is 2.79 bits per heavy atom. The lowest BCUT2D eigenvalue weighted by Gasteiger charge is -2.37. The molecule has 5 heteroatoms. The molecule has 2 heterocycles. The van der Waals surface area contributed by atoms with Crippen LogP contribution in [0, 0.1) is 19.8 Å². The summed E-state index contributed by atoms with van der Waals surface area (Å²) in [6.45, 7) is 7.83. The van der Waals surface area contributed by atoms with Crippen molar-refractivity contribution in [1.29, 1.82) is 0 Å². The average Bonchev–Trinajstić information content (AvgIpc) is 2.68. The third-order valence-corrected chi connectivity index (χ3v) is 4.02. The lowest BCUT2D eigenvalue weighted by molar-refractivity contribution is -0.136. The monoisotopic (exact) mass is 264 g/mol. The number of amides is 1. The zero-order chi connectivity index (χ0) is 14.0. The van der Waals surface area contributed by atoms with Crippen LogP contribution < -0.4 is 5.73 Å². The molecule has 0 bridgehead atoms. The molecular weight excluding hydrogens is 240 g/mol. The van der Waals surface area contributed by atoms with Gasteiger partial charge in [0.2, 0.25) is 5.91 Å². The van der Waals surface area contributed by atoms with E-state index in [1.165, 1.54) is 0 Å². The van der Waals surface area contributed by atoms with Gasteiger partial charge in [-0.05, 0) is 52.1 Å². The van der Waals surface area contributed by atoms with Gasteiger partial charge in [-0.1, -0.05) is 0 Å². The maximum absolute atomic E-state index is 12.4. The van der Waals surface area contributed by atoms with E-state index in [0.717, 1.165) is 30.8 Å². The molecule has 1 fully saturated rings. The number of nitrogens with zero attached hydrogens (tertiary/aromatic N) is 3. The lowest BCUT2D eigenvalue weighted by atomic mass is 9.93. The van der Waals surface area contributed by atoms with E-state index in [2.05, 4.69) is 12.0 Å². The summed E-state index contributed by atoms with van der Waals surface area (Å²) in [5.74, 6) is 0.595. The van der Waals surface area contributed by atoms with Crippen LogP contribution in [0.3, 0.4) is 0 Å². The molecule has 0 spiro atoms. The van der Waals surface area contributed by atoms with Crippen molar-refractivity contribution in [2.24, 2.45) is 11.7 Å². The zero-order valence-corrected chi connectivity index (χ0v) is 12.1. The topological polar surface area (TPSA) is 64.2 Å². The van der Waals surface area contributed by atoms with Crippen LogP contribution in [0.2, 0.25) is 0 Å². The summed E-state index contributed by atoms with van der Waals surface area (Å²) in [4.78, 5) is 14.4. The Labute approximate surface area is 114 Å². The van der Waals surface area contributed by atoms with Crippen molar-refractivity contribution in [3.05, 3.63) is 17.5 Å². The minimum atomic E-state index is 0.150. The molecule has 0 saturated carbocycles. The highest BCUT2D eigenvalue weighted by molar-refractivity contribution is 5.76. The SMILES string of the molecule is Cc1cc(C)n(CC(=O)N2CC(CN)CCC2C)n1. The Morgan fingerprint density at radius 1 is 1.47 bits per heavy atom. The molecule has 1 aromatic rings. The first-order chi connectivity index (χ1) is 9.01. The molecule has 1 saturated heterocycles. The van der Waals surface area contributed by atoms with E-state index in [9.17, 15) is 4.79 Å². The first kappa shape index (κ1) is 14.1. The Balaban J connectivity index is 2.04. The number of aromatic nitrogens is 2.